The van der Waals surface area contributed by atoms with Crippen LogP contribution in [-0.4, -0.2) is 12.3 Å². The van der Waals surface area contributed by atoms with E-state index in [2.05, 4.69) is 5.16 Å². The smallest absolute Gasteiger partial charge is 0.179 e. The summed E-state index contributed by atoms with van der Waals surface area (Å²) in [7, 11) is 1.45. The summed E-state index contributed by atoms with van der Waals surface area (Å²) in [6, 6.07) is 14.1. The highest BCUT2D eigenvalue weighted by Crippen LogP contribution is 2.38. The predicted octanol–water partition coefficient (Wildman–Crippen LogP) is 3.65. The zero-order chi connectivity index (χ0) is 16.2. The maximum atomic E-state index is 14.8. The summed E-state index contributed by atoms with van der Waals surface area (Å²) in [5, 5.41) is 3.57. The quantitative estimate of drug-likeness (QED) is 0.778. The minimum Gasteiger partial charge on any atom is -0.496 e. The van der Waals surface area contributed by atoms with Crippen LogP contribution in [0.25, 0.3) is 11.3 Å². The minimum atomic E-state index is -0.587. The molecule has 3 rings (SSSR count). The summed E-state index contributed by atoms with van der Waals surface area (Å²) >= 11 is 0. The number of nitrogen functional groups attached to an aromatic ring is 1. The van der Waals surface area contributed by atoms with Gasteiger partial charge in [0.2, 0.25) is 0 Å². The van der Waals surface area contributed by atoms with Gasteiger partial charge in [-0.15, -0.1) is 0 Å². The molecular weight excluding hydrogens is 299 g/mol. The molecule has 0 fully saturated rings. The number of anilines is 1. The molecule has 0 amide bonds. The van der Waals surface area contributed by atoms with Crippen LogP contribution in [-0.2, 0) is 6.61 Å². The second-order valence-electron chi connectivity index (χ2n) is 4.85. The number of methoxy groups -OCH3 is 1. The van der Waals surface area contributed by atoms with Crippen LogP contribution in [0.2, 0.25) is 0 Å². The third kappa shape index (κ3) is 3.11. The van der Waals surface area contributed by atoms with Crippen LogP contribution in [0.5, 0.6) is 11.5 Å². The van der Waals surface area contributed by atoms with Crippen LogP contribution in [0.15, 0.2) is 53.1 Å². The third-order valence-electron chi connectivity index (χ3n) is 3.30. The lowest BCUT2D eigenvalue weighted by Gasteiger charge is -2.12. The van der Waals surface area contributed by atoms with E-state index in [0.717, 1.165) is 5.56 Å². The molecule has 2 aromatic carbocycles. The van der Waals surface area contributed by atoms with Crippen molar-refractivity contribution in [1.82, 2.24) is 5.16 Å². The van der Waals surface area contributed by atoms with Crippen molar-refractivity contribution in [3.63, 3.8) is 0 Å². The van der Waals surface area contributed by atoms with E-state index in [1.165, 1.54) is 19.2 Å². The molecule has 118 valence electrons. The van der Waals surface area contributed by atoms with Gasteiger partial charge >= 0.3 is 0 Å². The number of nitrogens with two attached hydrogens (primary N) is 1. The van der Waals surface area contributed by atoms with E-state index in [4.69, 9.17) is 19.7 Å². The number of halogens is 1. The Hall–Kier alpha value is -3.02. The molecule has 0 aliphatic rings. The van der Waals surface area contributed by atoms with Gasteiger partial charge < -0.3 is 19.7 Å². The molecule has 0 atom stereocenters. The Kier molecular flexibility index (Phi) is 4.14. The molecule has 0 spiro atoms. The Balaban J connectivity index is 1.93. The van der Waals surface area contributed by atoms with E-state index < -0.39 is 5.82 Å². The summed E-state index contributed by atoms with van der Waals surface area (Å²) in [5.41, 5.74) is 6.60. The van der Waals surface area contributed by atoms with Crippen molar-refractivity contribution in [1.29, 1.82) is 0 Å². The monoisotopic (exact) mass is 314 g/mol. The molecular formula is C17H15FN2O3. The Bertz CT molecular complexity index is 803. The van der Waals surface area contributed by atoms with Crippen molar-refractivity contribution in [3.05, 3.63) is 59.9 Å². The number of rotatable bonds is 5. The Morgan fingerprint density at radius 3 is 2.52 bits per heavy atom. The number of aromatic nitrogens is 1. The fraction of sp³-hybridized carbons (Fsp3) is 0.118. The number of nitrogens with zero attached hydrogens (tertiary/aromatic N) is 1. The Morgan fingerprint density at radius 1 is 1.13 bits per heavy atom. The molecule has 1 aromatic heterocycles. The van der Waals surface area contributed by atoms with Gasteiger partial charge in [0.15, 0.2) is 23.1 Å². The molecule has 0 unspecified atom stereocenters. The molecule has 1 heterocycles. The predicted molar refractivity (Wildman–Crippen MR) is 83.6 cm³/mol. The molecule has 3 aromatic rings. The fourth-order valence-corrected chi connectivity index (χ4v) is 2.19. The van der Waals surface area contributed by atoms with Gasteiger partial charge in [-0.05, 0) is 17.7 Å². The average molecular weight is 314 g/mol. The van der Waals surface area contributed by atoms with E-state index >= 15 is 0 Å². The summed E-state index contributed by atoms with van der Waals surface area (Å²) in [5.74, 6) is 0.167. The van der Waals surface area contributed by atoms with E-state index in [0.29, 0.717) is 5.75 Å². The first-order valence-corrected chi connectivity index (χ1v) is 6.95. The second-order valence-corrected chi connectivity index (χ2v) is 4.85. The molecule has 6 heteroatoms. The van der Waals surface area contributed by atoms with Crippen LogP contribution in [0.1, 0.15) is 5.56 Å². The van der Waals surface area contributed by atoms with Crippen molar-refractivity contribution in [2.45, 2.75) is 6.61 Å². The summed E-state index contributed by atoms with van der Waals surface area (Å²) in [6.45, 7) is 0.252. The Morgan fingerprint density at radius 2 is 1.87 bits per heavy atom. The minimum absolute atomic E-state index is 0.0969. The molecule has 0 bridgehead atoms. The van der Waals surface area contributed by atoms with Crippen LogP contribution >= 0.6 is 0 Å². The SMILES string of the molecule is COc1ccc(OCc2ccccc2)c(F)c1-c1cc(N)no1. The van der Waals surface area contributed by atoms with Crippen LogP contribution in [0.4, 0.5) is 10.2 Å². The highest BCUT2D eigenvalue weighted by Gasteiger charge is 2.20. The lowest BCUT2D eigenvalue weighted by molar-refractivity contribution is 0.289. The molecule has 0 saturated heterocycles. The van der Waals surface area contributed by atoms with Gasteiger partial charge in [-0.2, -0.15) is 0 Å². The first-order valence-electron chi connectivity index (χ1n) is 6.95. The number of benzene rings is 2. The van der Waals surface area contributed by atoms with Crippen LogP contribution in [0.3, 0.4) is 0 Å². The van der Waals surface area contributed by atoms with E-state index in [1.807, 2.05) is 30.3 Å². The molecule has 0 aliphatic heterocycles. The maximum Gasteiger partial charge on any atom is 0.179 e. The maximum absolute atomic E-state index is 14.8. The van der Waals surface area contributed by atoms with Gasteiger partial charge in [-0.3, -0.25) is 0 Å². The number of ether oxygens (including phenoxy) is 2. The summed E-state index contributed by atoms with van der Waals surface area (Å²) in [4.78, 5) is 0. The summed E-state index contributed by atoms with van der Waals surface area (Å²) < 4.78 is 30.6. The van der Waals surface area contributed by atoms with Crippen molar-refractivity contribution < 1.29 is 18.4 Å². The second kappa shape index (κ2) is 6.39. The first kappa shape index (κ1) is 14.9. The normalized spacial score (nSPS) is 10.5. The van der Waals surface area contributed by atoms with E-state index in [1.54, 1.807) is 6.07 Å². The van der Waals surface area contributed by atoms with Crippen LogP contribution < -0.4 is 15.2 Å². The van der Waals surface area contributed by atoms with Crippen molar-refractivity contribution in [2.24, 2.45) is 0 Å². The topological polar surface area (TPSA) is 70.5 Å². The molecule has 2 N–H and O–H groups in total. The zero-order valence-corrected chi connectivity index (χ0v) is 12.5. The van der Waals surface area contributed by atoms with E-state index in [-0.39, 0.29) is 29.5 Å². The van der Waals surface area contributed by atoms with Gasteiger partial charge in [0.05, 0.1) is 7.11 Å². The largest absolute Gasteiger partial charge is 0.496 e. The molecule has 5 nitrogen and oxygen atoms in total. The number of hydrogen-bond acceptors (Lipinski definition) is 5. The molecule has 0 aliphatic carbocycles. The highest BCUT2D eigenvalue weighted by molar-refractivity contribution is 5.70. The van der Waals surface area contributed by atoms with Crippen LogP contribution in [0, 0.1) is 5.82 Å². The van der Waals surface area contributed by atoms with Gasteiger partial charge in [0.25, 0.3) is 0 Å². The van der Waals surface area contributed by atoms with Crippen molar-refractivity contribution in [2.75, 3.05) is 12.8 Å². The summed E-state index contributed by atoms with van der Waals surface area (Å²) in [6.07, 6.45) is 0. The van der Waals surface area contributed by atoms with E-state index in [9.17, 15) is 4.39 Å². The lowest BCUT2D eigenvalue weighted by atomic mass is 10.1. The fourth-order valence-electron chi connectivity index (χ4n) is 2.19. The van der Waals surface area contributed by atoms with Crippen molar-refractivity contribution in [3.8, 4) is 22.8 Å². The standard InChI is InChI=1S/C17H15FN2O3/c1-21-12-7-8-13(22-10-11-5-3-2-4-6-11)17(18)16(12)14-9-15(19)20-23-14/h2-9H,10H2,1H3,(H2,19,20). The average Bonchev–Trinajstić information content (AvgIpc) is 3.00. The Labute approximate surface area is 132 Å². The number of hydrogen-bond donors (Lipinski definition) is 1. The first-order chi connectivity index (χ1) is 11.2. The van der Waals surface area contributed by atoms with Gasteiger partial charge in [-0.25, -0.2) is 4.39 Å². The van der Waals surface area contributed by atoms with Gasteiger partial charge in [0.1, 0.15) is 17.9 Å². The third-order valence-corrected chi connectivity index (χ3v) is 3.30. The molecule has 0 saturated carbocycles. The van der Waals surface area contributed by atoms with Crippen molar-refractivity contribution >= 4 is 5.82 Å². The van der Waals surface area contributed by atoms with Gasteiger partial charge in [-0.1, -0.05) is 35.5 Å². The van der Waals surface area contributed by atoms with Gasteiger partial charge in [0, 0.05) is 6.07 Å². The lowest BCUT2D eigenvalue weighted by Crippen LogP contribution is -2.00. The molecule has 23 heavy (non-hydrogen) atoms. The zero-order valence-electron chi connectivity index (χ0n) is 12.5. The highest BCUT2D eigenvalue weighted by atomic mass is 19.1. The molecule has 0 radical (unpaired) electrons.